The number of hydrogen-bond donors (Lipinski definition) is 0. The topological polar surface area (TPSA) is 3.88 Å². The summed E-state index contributed by atoms with van der Waals surface area (Å²) in [6, 6.07) is 9.34. The van der Waals surface area contributed by atoms with Gasteiger partial charge in [-0.15, -0.1) is 0 Å². The summed E-state index contributed by atoms with van der Waals surface area (Å²) in [6.45, 7) is 17.8. The average Bonchev–Trinajstić information content (AvgIpc) is 3.15. The molecule has 3 rings (SSSR count). The standard InChI is InChI=1S/C28H42N/c1-19(2)24-17-26(29(9)18-25(24)27(4,5)6)23-15-14-22(16-20(23)3)28(7,8)21-12-10-11-13-21/h14-19,21H,10-13H2,1-9H3/q+1/i19D. The number of hydrogen-bond acceptors (Lipinski definition) is 0. The molecule has 1 aromatic heterocycles. The van der Waals surface area contributed by atoms with Crippen molar-refractivity contribution in [3.8, 4) is 11.3 Å². The van der Waals surface area contributed by atoms with E-state index in [4.69, 9.17) is 1.37 Å². The van der Waals surface area contributed by atoms with Crippen LogP contribution in [0.4, 0.5) is 0 Å². The first-order chi connectivity index (χ1) is 13.7. The molecule has 1 heterocycles. The lowest BCUT2D eigenvalue weighted by Crippen LogP contribution is -2.34. The van der Waals surface area contributed by atoms with E-state index in [0.717, 1.165) is 11.5 Å². The molecular formula is C28H42N+. The van der Waals surface area contributed by atoms with Crippen LogP contribution in [0.1, 0.15) is 104 Å². The summed E-state index contributed by atoms with van der Waals surface area (Å²) in [6.07, 6.45) is 7.73. The van der Waals surface area contributed by atoms with Crippen LogP contribution in [0, 0.1) is 12.8 Å². The molecule has 0 N–H and O–H groups in total. The van der Waals surface area contributed by atoms with Gasteiger partial charge in [0.15, 0.2) is 6.20 Å². The van der Waals surface area contributed by atoms with Gasteiger partial charge in [-0.05, 0) is 65.2 Å². The van der Waals surface area contributed by atoms with Crippen molar-refractivity contribution in [2.24, 2.45) is 13.0 Å². The van der Waals surface area contributed by atoms with Crippen molar-refractivity contribution >= 4 is 0 Å². The minimum absolute atomic E-state index is 0.00809. The normalized spacial score (nSPS) is 16.9. The van der Waals surface area contributed by atoms with Crippen LogP contribution in [0.25, 0.3) is 11.3 Å². The second kappa shape index (κ2) is 7.89. The molecule has 29 heavy (non-hydrogen) atoms. The molecular weight excluding hydrogens is 350 g/mol. The second-order valence-corrected chi connectivity index (χ2v) is 11.1. The molecule has 1 heteroatoms. The summed E-state index contributed by atoms with van der Waals surface area (Å²) in [5, 5.41) is 0. The highest BCUT2D eigenvalue weighted by molar-refractivity contribution is 5.63. The molecule has 1 aromatic carbocycles. The highest BCUT2D eigenvalue weighted by Gasteiger charge is 2.34. The monoisotopic (exact) mass is 393 g/mol. The molecule has 0 bridgehead atoms. The van der Waals surface area contributed by atoms with E-state index in [-0.39, 0.29) is 10.8 Å². The lowest BCUT2D eigenvalue weighted by molar-refractivity contribution is -0.661. The number of pyridine rings is 1. The lowest BCUT2D eigenvalue weighted by Gasteiger charge is -2.33. The first-order valence-corrected chi connectivity index (χ1v) is 11.4. The average molecular weight is 394 g/mol. The minimum atomic E-state index is -0.635. The van der Waals surface area contributed by atoms with Crippen LogP contribution in [-0.4, -0.2) is 0 Å². The van der Waals surface area contributed by atoms with E-state index in [1.54, 1.807) is 0 Å². The molecule has 2 aromatic rings. The van der Waals surface area contributed by atoms with Crippen molar-refractivity contribution in [2.75, 3.05) is 0 Å². The molecule has 0 atom stereocenters. The Morgan fingerprint density at radius 1 is 1.03 bits per heavy atom. The molecule has 0 spiro atoms. The molecule has 1 aliphatic carbocycles. The van der Waals surface area contributed by atoms with Gasteiger partial charge in [0.05, 0.1) is 0 Å². The van der Waals surface area contributed by atoms with Crippen molar-refractivity contribution in [1.29, 1.82) is 0 Å². The predicted molar refractivity (Wildman–Crippen MR) is 126 cm³/mol. The quantitative estimate of drug-likeness (QED) is 0.477. The Labute approximate surface area is 181 Å². The molecule has 0 unspecified atom stereocenters. The van der Waals surface area contributed by atoms with Gasteiger partial charge >= 0.3 is 0 Å². The van der Waals surface area contributed by atoms with E-state index >= 15 is 0 Å². The maximum Gasteiger partial charge on any atom is 0.212 e. The summed E-state index contributed by atoms with van der Waals surface area (Å²) in [5.41, 5.74) is 7.87. The zero-order valence-electron chi connectivity index (χ0n) is 21.2. The Balaban J connectivity index is 2.10. The zero-order valence-corrected chi connectivity index (χ0v) is 20.2. The van der Waals surface area contributed by atoms with Gasteiger partial charge in [0.1, 0.15) is 7.05 Å². The number of aryl methyl sites for hydroxylation is 2. The third-order valence-electron chi connectivity index (χ3n) is 7.24. The first kappa shape index (κ1) is 20.6. The molecule has 158 valence electrons. The molecule has 0 amide bonds. The summed E-state index contributed by atoms with van der Waals surface area (Å²) >= 11 is 0. The summed E-state index contributed by atoms with van der Waals surface area (Å²) < 4.78 is 11.0. The smallest absolute Gasteiger partial charge is 0.201 e. The van der Waals surface area contributed by atoms with Gasteiger partial charge in [-0.2, -0.15) is 0 Å². The van der Waals surface area contributed by atoms with Crippen molar-refractivity contribution in [3.05, 3.63) is 52.7 Å². The fourth-order valence-electron chi connectivity index (χ4n) is 5.16. The third-order valence-corrected chi connectivity index (χ3v) is 7.24. The predicted octanol–water partition coefficient (Wildman–Crippen LogP) is 7.38. The van der Waals surface area contributed by atoms with Crippen molar-refractivity contribution in [3.63, 3.8) is 0 Å². The van der Waals surface area contributed by atoms with Gasteiger partial charge in [-0.1, -0.05) is 73.4 Å². The fourth-order valence-corrected chi connectivity index (χ4v) is 5.16. The van der Waals surface area contributed by atoms with Crippen LogP contribution in [0.2, 0.25) is 0 Å². The van der Waals surface area contributed by atoms with Gasteiger partial charge in [-0.3, -0.25) is 0 Å². The van der Waals surface area contributed by atoms with Crippen LogP contribution >= 0.6 is 0 Å². The number of aromatic nitrogens is 1. The molecule has 1 fully saturated rings. The highest BCUT2D eigenvalue weighted by Crippen LogP contribution is 2.42. The Bertz CT molecular complexity index is 919. The van der Waals surface area contributed by atoms with Crippen LogP contribution < -0.4 is 4.57 Å². The number of nitrogens with zero attached hydrogens (tertiary/aromatic N) is 1. The maximum atomic E-state index is 8.78. The van der Waals surface area contributed by atoms with E-state index in [2.05, 4.69) is 83.6 Å². The number of benzene rings is 1. The van der Waals surface area contributed by atoms with E-state index in [1.165, 1.54) is 53.6 Å². The Hall–Kier alpha value is -1.63. The van der Waals surface area contributed by atoms with Crippen molar-refractivity contribution in [1.82, 2.24) is 0 Å². The van der Waals surface area contributed by atoms with Crippen molar-refractivity contribution in [2.45, 2.75) is 97.8 Å². The van der Waals surface area contributed by atoms with E-state index < -0.39 is 5.89 Å². The summed E-state index contributed by atoms with van der Waals surface area (Å²) in [5.74, 6) is 0.157. The van der Waals surface area contributed by atoms with Gasteiger partial charge < -0.3 is 0 Å². The molecule has 1 aliphatic rings. The zero-order chi connectivity index (χ0) is 22.5. The Morgan fingerprint density at radius 2 is 1.66 bits per heavy atom. The van der Waals surface area contributed by atoms with Crippen LogP contribution in [0.15, 0.2) is 30.5 Å². The first-order valence-electron chi connectivity index (χ1n) is 11.9. The van der Waals surface area contributed by atoms with Gasteiger partial charge in [-0.25, -0.2) is 4.57 Å². The Kier molecular flexibility index (Phi) is 5.62. The second-order valence-electron chi connectivity index (χ2n) is 11.1. The van der Waals surface area contributed by atoms with Gasteiger partial charge in [0.2, 0.25) is 5.69 Å². The SMILES string of the molecule is [2H]C(C)(C)c1cc(-c2ccc(C(C)(C)C3CCCC3)cc2C)[n+](C)cc1C(C)(C)C. The summed E-state index contributed by atoms with van der Waals surface area (Å²) in [7, 11) is 2.14. The van der Waals surface area contributed by atoms with E-state index in [0.29, 0.717) is 0 Å². The molecule has 1 saturated carbocycles. The molecule has 0 saturated heterocycles. The van der Waals surface area contributed by atoms with E-state index in [9.17, 15) is 0 Å². The summed E-state index contributed by atoms with van der Waals surface area (Å²) in [4.78, 5) is 0. The Morgan fingerprint density at radius 3 is 2.17 bits per heavy atom. The minimum Gasteiger partial charge on any atom is -0.201 e. The van der Waals surface area contributed by atoms with Crippen molar-refractivity contribution < 1.29 is 5.94 Å². The third kappa shape index (κ3) is 4.30. The van der Waals surface area contributed by atoms with Gasteiger partial charge in [0, 0.05) is 18.6 Å². The molecule has 1 nitrogen and oxygen atoms in total. The van der Waals surface area contributed by atoms with Crippen LogP contribution in [0.5, 0.6) is 0 Å². The highest BCUT2D eigenvalue weighted by atomic mass is 14.9. The van der Waals surface area contributed by atoms with Crippen LogP contribution in [-0.2, 0) is 17.9 Å². The van der Waals surface area contributed by atoms with E-state index in [1.807, 2.05) is 13.8 Å². The van der Waals surface area contributed by atoms with Gasteiger partial charge in [0.25, 0.3) is 0 Å². The fraction of sp³-hybridized carbons (Fsp3) is 0.607. The molecule has 0 aliphatic heterocycles. The largest absolute Gasteiger partial charge is 0.212 e. The molecule has 0 radical (unpaired) electrons. The lowest BCUT2D eigenvalue weighted by atomic mass is 9.72. The van der Waals surface area contributed by atoms with Crippen LogP contribution in [0.3, 0.4) is 0 Å². The number of rotatable bonds is 4. The maximum absolute atomic E-state index is 8.78.